The molecule has 1 atom stereocenters. The van der Waals surface area contributed by atoms with Crippen molar-refractivity contribution in [3.05, 3.63) is 29.8 Å². The highest BCUT2D eigenvalue weighted by molar-refractivity contribution is 5.94. The molecule has 1 aromatic rings. The van der Waals surface area contributed by atoms with Crippen molar-refractivity contribution in [1.29, 1.82) is 0 Å². The average Bonchev–Trinajstić information content (AvgIpc) is 2.48. The van der Waals surface area contributed by atoms with Crippen LogP contribution in [-0.4, -0.2) is 43.2 Å². The quantitative estimate of drug-likeness (QED) is 0.843. The van der Waals surface area contributed by atoms with E-state index in [1.807, 2.05) is 31.2 Å². The molecule has 5 nitrogen and oxygen atoms in total. The van der Waals surface area contributed by atoms with E-state index in [-0.39, 0.29) is 11.9 Å². The van der Waals surface area contributed by atoms with Crippen molar-refractivity contribution in [3.8, 4) is 0 Å². The van der Waals surface area contributed by atoms with Crippen LogP contribution < -0.4 is 11.1 Å². The summed E-state index contributed by atoms with van der Waals surface area (Å²) in [5.74, 6) is 0.0161. The van der Waals surface area contributed by atoms with Crippen LogP contribution in [0.5, 0.6) is 0 Å². The number of amides is 1. The van der Waals surface area contributed by atoms with Crippen molar-refractivity contribution < 1.29 is 9.53 Å². The van der Waals surface area contributed by atoms with Crippen molar-refractivity contribution in [2.24, 2.45) is 5.73 Å². The predicted molar refractivity (Wildman–Crippen MR) is 74.8 cm³/mol. The number of nitrogens with zero attached hydrogens (tertiary/aromatic N) is 1. The van der Waals surface area contributed by atoms with Crippen LogP contribution in [0.2, 0.25) is 0 Å². The highest BCUT2D eigenvalue weighted by Gasteiger charge is 2.22. The monoisotopic (exact) mass is 263 g/mol. The molecule has 0 aromatic heterocycles. The summed E-state index contributed by atoms with van der Waals surface area (Å²) >= 11 is 0. The Kier molecular flexibility index (Phi) is 4.90. The summed E-state index contributed by atoms with van der Waals surface area (Å²) in [4.78, 5) is 14.3. The van der Waals surface area contributed by atoms with E-state index >= 15 is 0 Å². The Morgan fingerprint density at radius 3 is 2.58 bits per heavy atom. The molecule has 1 saturated heterocycles. The molecule has 0 spiro atoms. The number of nitrogens with two attached hydrogens (primary N) is 1. The Labute approximate surface area is 113 Å². The van der Waals surface area contributed by atoms with E-state index in [0.717, 1.165) is 24.3 Å². The Bertz CT molecular complexity index is 413. The predicted octanol–water partition coefficient (Wildman–Crippen LogP) is 0.804. The fourth-order valence-corrected chi connectivity index (χ4v) is 2.10. The third-order valence-corrected chi connectivity index (χ3v) is 3.43. The molecular formula is C14H21N3O2. The Hall–Kier alpha value is -1.43. The fourth-order valence-electron chi connectivity index (χ4n) is 2.10. The van der Waals surface area contributed by atoms with Crippen LogP contribution in [0.3, 0.4) is 0 Å². The maximum absolute atomic E-state index is 12.1. The number of morpholine rings is 1. The van der Waals surface area contributed by atoms with Gasteiger partial charge in [0.1, 0.15) is 0 Å². The third-order valence-electron chi connectivity index (χ3n) is 3.43. The van der Waals surface area contributed by atoms with Gasteiger partial charge in [0, 0.05) is 25.3 Å². The Morgan fingerprint density at radius 1 is 1.37 bits per heavy atom. The molecule has 1 amide bonds. The zero-order chi connectivity index (χ0) is 13.7. The van der Waals surface area contributed by atoms with Gasteiger partial charge >= 0.3 is 0 Å². The van der Waals surface area contributed by atoms with Crippen LogP contribution in [0, 0.1) is 0 Å². The molecule has 1 heterocycles. The van der Waals surface area contributed by atoms with E-state index in [2.05, 4.69) is 10.2 Å². The van der Waals surface area contributed by atoms with Crippen molar-refractivity contribution in [1.82, 2.24) is 4.90 Å². The minimum absolute atomic E-state index is 0.0161. The molecule has 19 heavy (non-hydrogen) atoms. The van der Waals surface area contributed by atoms with Crippen LogP contribution >= 0.6 is 0 Å². The van der Waals surface area contributed by atoms with Gasteiger partial charge in [0.2, 0.25) is 5.91 Å². The molecule has 0 saturated carbocycles. The second-order valence-electron chi connectivity index (χ2n) is 4.71. The number of rotatable bonds is 4. The van der Waals surface area contributed by atoms with Crippen LogP contribution in [-0.2, 0) is 16.1 Å². The van der Waals surface area contributed by atoms with Gasteiger partial charge in [-0.2, -0.15) is 0 Å². The lowest BCUT2D eigenvalue weighted by Crippen LogP contribution is -2.47. The summed E-state index contributed by atoms with van der Waals surface area (Å²) in [6.07, 6.45) is 0. The molecule has 1 aliphatic heterocycles. The van der Waals surface area contributed by atoms with Crippen LogP contribution in [0.1, 0.15) is 12.5 Å². The van der Waals surface area contributed by atoms with Gasteiger partial charge in [0.25, 0.3) is 0 Å². The van der Waals surface area contributed by atoms with Gasteiger partial charge in [-0.15, -0.1) is 0 Å². The van der Waals surface area contributed by atoms with E-state index < -0.39 is 0 Å². The first kappa shape index (κ1) is 14.0. The lowest BCUT2D eigenvalue weighted by Gasteiger charge is -2.31. The van der Waals surface area contributed by atoms with Crippen LogP contribution in [0.25, 0.3) is 0 Å². The molecule has 1 unspecified atom stereocenters. The van der Waals surface area contributed by atoms with Gasteiger partial charge in [-0.05, 0) is 24.6 Å². The summed E-state index contributed by atoms with van der Waals surface area (Å²) in [6, 6.07) is 7.47. The second kappa shape index (κ2) is 6.65. The molecule has 3 N–H and O–H groups in total. The molecule has 1 fully saturated rings. The fraction of sp³-hybridized carbons (Fsp3) is 0.500. The Morgan fingerprint density at radius 2 is 2.00 bits per heavy atom. The molecule has 0 bridgehead atoms. The largest absolute Gasteiger partial charge is 0.379 e. The minimum atomic E-state index is -0.141. The molecule has 0 aliphatic carbocycles. The third kappa shape index (κ3) is 3.76. The lowest BCUT2D eigenvalue weighted by molar-refractivity contribution is -0.122. The number of anilines is 1. The molecule has 1 aromatic carbocycles. The van der Waals surface area contributed by atoms with Crippen molar-refractivity contribution in [2.45, 2.75) is 19.5 Å². The topological polar surface area (TPSA) is 67.6 Å². The first-order valence-electron chi connectivity index (χ1n) is 6.62. The van der Waals surface area contributed by atoms with E-state index in [1.165, 1.54) is 0 Å². The number of carbonyl (C=O) groups is 1. The number of hydrogen-bond donors (Lipinski definition) is 2. The number of carbonyl (C=O) groups excluding carboxylic acids is 1. The van der Waals surface area contributed by atoms with E-state index in [4.69, 9.17) is 10.5 Å². The summed E-state index contributed by atoms with van der Waals surface area (Å²) < 4.78 is 5.29. The zero-order valence-electron chi connectivity index (χ0n) is 11.3. The number of ether oxygens (including phenoxy) is 1. The number of hydrogen-bond acceptors (Lipinski definition) is 4. The normalized spacial score (nSPS) is 18.0. The molecule has 5 heteroatoms. The molecule has 2 rings (SSSR count). The van der Waals surface area contributed by atoms with Gasteiger partial charge in [0.15, 0.2) is 0 Å². The van der Waals surface area contributed by atoms with Gasteiger partial charge in [-0.25, -0.2) is 0 Å². The number of nitrogens with one attached hydrogen (secondary N) is 1. The second-order valence-corrected chi connectivity index (χ2v) is 4.71. The van der Waals surface area contributed by atoms with Gasteiger partial charge in [0.05, 0.1) is 19.3 Å². The molecule has 104 valence electrons. The first-order valence-corrected chi connectivity index (χ1v) is 6.62. The van der Waals surface area contributed by atoms with E-state index in [0.29, 0.717) is 19.8 Å². The van der Waals surface area contributed by atoms with Crippen LogP contribution in [0.4, 0.5) is 5.69 Å². The highest BCUT2D eigenvalue weighted by atomic mass is 16.5. The summed E-state index contributed by atoms with van der Waals surface area (Å²) in [5.41, 5.74) is 7.40. The zero-order valence-corrected chi connectivity index (χ0v) is 11.3. The highest BCUT2D eigenvalue weighted by Crippen LogP contribution is 2.11. The smallest absolute Gasteiger partial charge is 0.241 e. The summed E-state index contributed by atoms with van der Waals surface area (Å²) in [6.45, 7) is 5.44. The molecule has 1 aliphatic rings. The molecule has 0 radical (unpaired) electrons. The standard InChI is InChI=1S/C14H21N3O2/c1-11(17-6-8-19-9-7-17)14(18)16-13-4-2-12(10-15)3-5-13/h2-5,11H,6-10,15H2,1H3,(H,16,18). The first-order chi connectivity index (χ1) is 9.20. The van der Waals surface area contributed by atoms with E-state index in [9.17, 15) is 4.79 Å². The lowest BCUT2D eigenvalue weighted by atomic mass is 10.2. The molecular weight excluding hydrogens is 242 g/mol. The van der Waals surface area contributed by atoms with Crippen LogP contribution in [0.15, 0.2) is 24.3 Å². The number of benzene rings is 1. The van der Waals surface area contributed by atoms with Gasteiger partial charge in [-0.3, -0.25) is 9.69 Å². The van der Waals surface area contributed by atoms with Gasteiger partial charge < -0.3 is 15.8 Å². The van der Waals surface area contributed by atoms with Crippen molar-refractivity contribution >= 4 is 11.6 Å². The Balaban J connectivity index is 1.91. The average molecular weight is 263 g/mol. The summed E-state index contributed by atoms with van der Waals surface area (Å²) in [7, 11) is 0. The maximum Gasteiger partial charge on any atom is 0.241 e. The minimum Gasteiger partial charge on any atom is -0.379 e. The maximum atomic E-state index is 12.1. The van der Waals surface area contributed by atoms with Gasteiger partial charge in [-0.1, -0.05) is 12.1 Å². The van der Waals surface area contributed by atoms with E-state index in [1.54, 1.807) is 0 Å². The SMILES string of the molecule is CC(C(=O)Nc1ccc(CN)cc1)N1CCOCC1. The van der Waals surface area contributed by atoms with Crippen molar-refractivity contribution in [2.75, 3.05) is 31.6 Å². The summed E-state index contributed by atoms with van der Waals surface area (Å²) in [5, 5.41) is 2.93. The van der Waals surface area contributed by atoms with Crippen molar-refractivity contribution in [3.63, 3.8) is 0 Å².